The molecule has 1 aromatic carbocycles. The average Bonchev–Trinajstić information content (AvgIpc) is 3.42. The summed E-state index contributed by atoms with van der Waals surface area (Å²) < 4.78 is 26.4. The Kier molecular flexibility index (Phi) is 4.78. The number of aromatic nitrogens is 3. The Balaban J connectivity index is 1.35. The van der Waals surface area contributed by atoms with Crippen LogP contribution in [0, 0.1) is 5.82 Å². The number of nitrogens with zero attached hydrogens (tertiary/aromatic N) is 4. The first-order valence-corrected chi connectivity index (χ1v) is 12.0. The molecule has 0 bridgehead atoms. The molecule has 1 fully saturated rings. The zero-order valence-electron chi connectivity index (χ0n) is 18.9. The number of thiophene rings is 1. The molecule has 2 aliphatic rings. The van der Waals surface area contributed by atoms with Gasteiger partial charge in [-0.15, -0.1) is 11.3 Å². The third-order valence-electron chi connectivity index (χ3n) is 6.74. The highest BCUT2D eigenvalue weighted by atomic mass is 32.1. The molecule has 0 spiro atoms. The maximum absolute atomic E-state index is 14.3. The van der Waals surface area contributed by atoms with Gasteiger partial charge in [0.2, 0.25) is 0 Å². The van der Waals surface area contributed by atoms with Crippen LogP contribution in [0.3, 0.4) is 0 Å². The van der Waals surface area contributed by atoms with Crippen molar-refractivity contribution in [3.8, 4) is 5.75 Å². The van der Waals surface area contributed by atoms with E-state index in [9.17, 15) is 4.39 Å². The third kappa shape index (κ3) is 3.52. The van der Waals surface area contributed by atoms with E-state index in [0.29, 0.717) is 6.61 Å². The van der Waals surface area contributed by atoms with Crippen LogP contribution in [0.4, 0.5) is 10.2 Å². The van der Waals surface area contributed by atoms with E-state index < -0.39 is 0 Å². The molecule has 5 heterocycles. The number of benzene rings is 1. The van der Waals surface area contributed by atoms with Crippen molar-refractivity contribution < 1.29 is 13.9 Å². The predicted molar refractivity (Wildman–Crippen MR) is 128 cm³/mol. The van der Waals surface area contributed by atoms with Crippen molar-refractivity contribution in [1.29, 1.82) is 0 Å². The minimum atomic E-state index is -0.315. The first-order chi connectivity index (χ1) is 15.9. The second-order valence-electron chi connectivity index (χ2n) is 9.47. The number of hydrogen-bond donors (Lipinski definition) is 0. The van der Waals surface area contributed by atoms with Gasteiger partial charge in [-0.25, -0.2) is 19.3 Å². The van der Waals surface area contributed by atoms with Crippen molar-refractivity contribution >= 4 is 37.6 Å². The molecule has 3 aromatic heterocycles. The van der Waals surface area contributed by atoms with Crippen LogP contribution in [0.1, 0.15) is 43.0 Å². The molecule has 8 heteroatoms. The van der Waals surface area contributed by atoms with Gasteiger partial charge in [0.25, 0.3) is 0 Å². The molecule has 0 aliphatic carbocycles. The van der Waals surface area contributed by atoms with Crippen LogP contribution >= 0.6 is 11.3 Å². The highest BCUT2D eigenvalue weighted by Crippen LogP contribution is 2.41. The molecule has 0 saturated carbocycles. The molecule has 0 amide bonds. The van der Waals surface area contributed by atoms with Crippen molar-refractivity contribution in [2.24, 2.45) is 0 Å². The zero-order chi connectivity index (χ0) is 22.7. The number of anilines is 1. The van der Waals surface area contributed by atoms with Gasteiger partial charge < -0.3 is 14.4 Å². The fourth-order valence-corrected chi connectivity index (χ4v) is 6.11. The van der Waals surface area contributed by atoms with E-state index >= 15 is 0 Å². The summed E-state index contributed by atoms with van der Waals surface area (Å²) in [7, 11) is 1.49. The maximum Gasteiger partial charge on any atom is 0.165 e. The Morgan fingerprint density at radius 2 is 2.12 bits per heavy atom. The molecular formula is C25H25FN4O2S. The second kappa shape index (κ2) is 7.60. The molecule has 1 saturated heterocycles. The number of pyridine rings is 1. The van der Waals surface area contributed by atoms with Gasteiger partial charge in [0.05, 0.1) is 35.2 Å². The number of halogens is 1. The number of rotatable bonds is 3. The second-order valence-corrected chi connectivity index (χ2v) is 10.5. The fourth-order valence-electron chi connectivity index (χ4n) is 4.96. The van der Waals surface area contributed by atoms with E-state index in [-0.39, 0.29) is 23.1 Å². The quantitative estimate of drug-likeness (QED) is 0.414. The molecule has 1 unspecified atom stereocenters. The Bertz CT molecular complexity index is 1390. The lowest BCUT2D eigenvalue weighted by molar-refractivity contribution is -0.0411. The van der Waals surface area contributed by atoms with E-state index in [1.165, 1.54) is 7.11 Å². The summed E-state index contributed by atoms with van der Waals surface area (Å²) in [6, 6.07) is 7.46. The van der Waals surface area contributed by atoms with Gasteiger partial charge in [-0.2, -0.15) is 0 Å². The van der Waals surface area contributed by atoms with Gasteiger partial charge in [0.15, 0.2) is 11.6 Å². The van der Waals surface area contributed by atoms with Crippen LogP contribution < -0.4 is 9.64 Å². The summed E-state index contributed by atoms with van der Waals surface area (Å²) in [5.41, 5.74) is 4.00. The number of methoxy groups -OCH3 is 1. The Morgan fingerprint density at radius 1 is 1.24 bits per heavy atom. The molecule has 0 radical (unpaired) electrons. The van der Waals surface area contributed by atoms with Gasteiger partial charge in [-0.3, -0.25) is 0 Å². The zero-order valence-corrected chi connectivity index (χ0v) is 19.7. The SMILES string of the molecule is COc1ccc(C2CCN(c3ncnc4c3sc3nc5c(cc34)COC(C)(C)C5)C2)cc1F. The molecule has 1 atom stereocenters. The molecule has 33 heavy (non-hydrogen) atoms. The van der Waals surface area contributed by atoms with E-state index in [1.807, 2.05) is 6.07 Å². The predicted octanol–water partition coefficient (Wildman–Crippen LogP) is 5.23. The minimum Gasteiger partial charge on any atom is -0.494 e. The minimum absolute atomic E-state index is 0.194. The lowest BCUT2D eigenvalue weighted by Gasteiger charge is -2.30. The van der Waals surface area contributed by atoms with Gasteiger partial charge in [-0.05, 0) is 44.0 Å². The van der Waals surface area contributed by atoms with E-state index in [4.69, 9.17) is 14.5 Å². The van der Waals surface area contributed by atoms with E-state index in [0.717, 1.165) is 69.0 Å². The molecular weight excluding hydrogens is 439 g/mol. The molecule has 2 aliphatic heterocycles. The van der Waals surface area contributed by atoms with Crippen LogP contribution in [0.15, 0.2) is 30.6 Å². The first-order valence-electron chi connectivity index (χ1n) is 11.2. The van der Waals surface area contributed by atoms with Crippen molar-refractivity contribution in [2.75, 3.05) is 25.1 Å². The number of fused-ring (bicyclic) bond motifs is 4. The van der Waals surface area contributed by atoms with Gasteiger partial charge in [-0.1, -0.05) is 6.07 Å². The number of hydrogen-bond acceptors (Lipinski definition) is 7. The molecule has 4 aromatic rings. The van der Waals surface area contributed by atoms with Crippen LogP contribution in [-0.2, 0) is 17.8 Å². The van der Waals surface area contributed by atoms with Crippen molar-refractivity contribution in [1.82, 2.24) is 15.0 Å². The standard InChI is InChI=1S/C25H25FN4O2S/c1-25(2)10-19-16(12-32-25)8-17-21-22(33-24(17)29-19)23(28-13-27-21)30-7-6-15(11-30)14-4-5-20(31-3)18(26)9-14/h4-5,8-9,13,15H,6-7,10-12H2,1-3H3. The monoisotopic (exact) mass is 464 g/mol. The first kappa shape index (κ1) is 20.7. The van der Waals surface area contributed by atoms with E-state index in [2.05, 4.69) is 34.8 Å². The van der Waals surface area contributed by atoms with Gasteiger partial charge >= 0.3 is 0 Å². The van der Waals surface area contributed by atoms with Crippen LogP contribution in [-0.4, -0.2) is 40.8 Å². The molecule has 6 rings (SSSR count). The van der Waals surface area contributed by atoms with Gasteiger partial charge in [0.1, 0.15) is 17.0 Å². The average molecular weight is 465 g/mol. The summed E-state index contributed by atoms with van der Waals surface area (Å²) in [5, 5.41) is 1.06. The Hall–Kier alpha value is -2.84. The highest BCUT2D eigenvalue weighted by Gasteiger charge is 2.30. The highest BCUT2D eigenvalue weighted by molar-refractivity contribution is 7.25. The fraction of sp³-hybridized carbons (Fsp3) is 0.400. The van der Waals surface area contributed by atoms with Crippen LogP contribution in [0.2, 0.25) is 0 Å². The van der Waals surface area contributed by atoms with Crippen LogP contribution in [0.25, 0.3) is 20.4 Å². The summed E-state index contributed by atoms with van der Waals surface area (Å²) in [6.45, 7) is 6.44. The molecule has 0 N–H and O–H groups in total. The largest absolute Gasteiger partial charge is 0.494 e. The number of ether oxygens (including phenoxy) is 2. The molecule has 6 nitrogen and oxygen atoms in total. The van der Waals surface area contributed by atoms with Crippen molar-refractivity contribution in [2.45, 2.75) is 44.8 Å². The maximum atomic E-state index is 14.3. The summed E-state index contributed by atoms with van der Waals surface area (Å²) >= 11 is 1.66. The Morgan fingerprint density at radius 3 is 2.94 bits per heavy atom. The smallest absolute Gasteiger partial charge is 0.165 e. The topological polar surface area (TPSA) is 60.4 Å². The normalized spacial score (nSPS) is 19.9. The lowest BCUT2D eigenvalue weighted by Crippen LogP contribution is -2.32. The summed E-state index contributed by atoms with van der Waals surface area (Å²) in [5.74, 6) is 1.15. The third-order valence-corrected chi connectivity index (χ3v) is 7.83. The summed E-state index contributed by atoms with van der Waals surface area (Å²) in [6.07, 6.45) is 3.39. The molecule has 170 valence electrons. The lowest BCUT2D eigenvalue weighted by atomic mass is 9.95. The van der Waals surface area contributed by atoms with Crippen molar-refractivity contribution in [3.05, 3.63) is 53.2 Å². The summed E-state index contributed by atoms with van der Waals surface area (Å²) in [4.78, 5) is 17.6. The van der Waals surface area contributed by atoms with Gasteiger partial charge in [0, 0.05) is 36.4 Å². The Labute approximate surface area is 195 Å². The van der Waals surface area contributed by atoms with E-state index in [1.54, 1.807) is 29.8 Å². The van der Waals surface area contributed by atoms with Crippen molar-refractivity contribution in [3.63, 3.8) is 0 Å². The van der Waals surface area contributed by atoms with Crippen LogP contribution in [0.5, 0.6) is 5.75 Å².